The molecule has 0 radical (unpaired) electrons. The van der Waals surface area contributed by atoms with Gasteiger partial charge in [-0.3, -0.25) is 0 Å². The van der Waals surface area contributed by atoms with Crippen LogP contribution in [0.4, 0.5) is 0 Å². The molecule has 1 aromatic carbocycles. The lowest BCUT2D eigenvalue weighted by molar-refractivity contribution is 0.0698. The topological polar surface area (TPSA) is 67.5 Å². The second-order valence-corrected chi connectivity index (χ2v) is 6.78. The molecule has 4 rings (SSSR count). The Morgan fingerprint density at radius 3 is 2.58 bits per heavy atom. The fourth-order valence-electron chi connectivity index (χ4n) is 3.78. The lowest BCUT2D eigenvalue weighted by Gasteiger charge is -2.24. The highest BCUT2D eigenvalue weighted by molar-refractivity contribution is 5.94. The van der Waals surface area contributed by atoms with Gasteiger partial charge < -0.3 is 5.11 Å². The van der Waals surface area contributed by atoms with Crippen molar-refractivity contribution in [3.63, 3.8) is 0 Å². The fraction of sp³-hybridized carbons (Fsp3) is 0.286. The summed E-state index contributed by atoms with van der Waals surface area (Å²) in [5.74, 6) is -0.610. The smallest absolute Gasteiger partial charge is 0.341 e. The van der Waals surface area contributed by atoms with Crippen LogP contribution < -0.4 is 0 Å². The van der Waals surface area contributed by atoms with Gasteiger partial charge in [0.05, 0.1) is 11.9 Å². The first-order valence-corrected chi connectivity index (χ1v) is 9.07. The predicted octanol–water partition coefficient (Wildman–Crippen LogP) is 4.65. The van der Waals surface area contributed by atoms with E-state index in [-0.39, 0.29) is 5.56 Å². The van der Waals surface area contributed by atoms with Crippen LogP contribution in [0.1, 0.15) is 65.2 Å². The van der Waals surface area contributed by atoms with Crippen molar-refractivity contribution in [1.29, 1.82) is 0 Å². The Kier molecular flexibility index (Phi) is 4.52. The molecule has 26 heavy (non-hydrogen) atoms. The predicted molar refractivity (Wildman–Crippen MR) is 101 cm³/mol. The molecule has 5 nitrogen and oxygen atoms in total. The first kappa shape index (κ1) is 16.5. The van der Waals surface area contributed by atoms with Crippen LogP contribution in [0.3, 0.4) is 0 Å². The molecular weight excluding hydrogens is 326 g/mol. The summed E-state index contributed by atoms with van der Waals surface area (Å²) >= 11 is 0. The third-order valence-electron chi connectivity index (χ3n) is 5.07. The van der Waals surface area contributed by atoms with Crippen molar-refractivity contribution >= 4 is 23.8 Å². The summed E-state index contributed by atoms with van der Waals surface area (Å²) in [5, 5.41) is 13.8. The summed E-state index contributed by atoms with van der Waals surface area (Å²) in [6, 6.07) is 10.1. The monoisotopic (exact) mass is 347 g/mol. The molecule has 1 saturated carbocycles. The Morgan fingerprint density at radius 2 is 1.85 bits per heavy atom. The molecular formula is C21H21N3O2. The second-order valence-electron chi connectivity index (χ2n) is 6.78. The summed E-state index contributed by atoms with van der Waals surface area (Å²) in [7, 11) is 0. The quantitative estimate of drug-likeness (QED) is 0.746. The van der Waals surface area contributed by atoms with Gasteiger partial charge in [0.15, 0.2) is 5.65 Å². The maximum Gasteiger partial charge on any atom is 0.341 e. The van der Waals surface area contributed by atoms with Crippen molar-refractivity contribution in [2.75, 3.05) is 0 Å². The van der Waals surface area contributed by atoms with Crippen molar-refractivity contribution in [2.45, 2.75) is 38.0 Å². The van der Waals surface area contributed by atoms with E-state index in [4.69, 9.17) is 0 Å². The first-order chi connectivity index (χ1) is 12.7. The summed E-state index contributed by atoms with van der Waals surface area (Å²) < 4.78 is 1.74. The molecule has 2 aromatic heterocycles. The number of rotatable bonds is 4. The zero-order chi connectivity index (χ0) is 17.9. The number of hydrogen-bond donors (Lipinski definition) is 1. The number of carboxylic acids is 1. The molecule has 0 unspecified atom stereocenters. The summed E-state index contributed by atoms with van der Waals surface area (Å²) in [6.45, 7) is 0. The summed E-state index contributed by atoms with van der Waals surface area (Å²) in [6.07, 6.45) is 13.2. The minimum Gasteiger partial charge on any atom is -0.477 e. The largest absolute Gasteiger partial charge is 0.477 e. The van der Waals surface area contributed by atoms with E-state index < -0.39 is 5.97 Å². The molecule has 0 aliphatic heterocycles. The van der Waals surface area contributed by atoms with Gasteiger partial charge in [-0.25, -0.2) is 14.3 Å². The fourth-order valence-corrected chi connectivity index (χ4v) is 3.78. The molecule has 1 aliphatic rings. The highest BCUT2D eigenvalue weighted by atomic mass is 16.4. The molecule has 0 bridgehead atoms. The Hall–Kier alpha value is -2.95. The van der Waals surface area contributed by atoms with Gasteiger partial charge in [-0.15, -0.1) is 0 Å². The Morgan fingerprint density at radius 1 is 1.08 bits per heavy atom. The van der Waals surface area contributed by atoms with E-state index in [1.807, 2.05) is 18.2 Å². The number of carboxylic acid groups (broad SMARTS) is 1. The number of carbonyl (C=O) groups is 1. The van der Waals surface area contributed by atoms with Crippen LogP contribution in [0.2, 0.25) is 0 Å². The number of aromatic carboxylic acids is 1. The number of aromatic nitrogens is 3. The molecule has 1 N–H and O–H groups in total. The van der Waals surface area contributed by atoms with E-state index >= 15 is 0 Å². The maximum absolute atomic E-state index is 11.5. The van der Waals surface area contributed by atoms with E-state index in [9.17, 15) is 9.90 Å². The molecule has 2 heterocycles. The van der Waals surface area contributed by atoms with Crippen LogP contribution >= 0.6 is 0 Å². The number of hydrogen-bond acceptors (Lipinski definition) is 3. The minimum absolute atomic E-state index is 0.153. The Bertz CT molecular complexity index is 954. The van der Waals surface area contributed by atoms with Crippen LogP contribution in [0.15, 0.2) is 42.7 Å². The second kappa shape index (κ2) is 7.12. The molecule has 5 heteroatoms. The van der Waals surface area contributed by atoms with E-state index in [1.54, 1.807) is 10.7 Å². The van der Waals surface area contributed by atoms with Gasteiger partial charge in [0.1, 0.15) is 5.56 Å². The van der Waals surface area contributed by atoms with Crippen molar-refractivity contribution in [2.24, 2.45) is 0 Å². The molecule has 0 saturated heterocycles. The number of nitrogens with zero attached hydrogens (tertiary/aromatic N) is 3. The zero-order valence-electron chi connectivity index (χ0n) is 14.5. The molecule has 3 aromatic rings. The van der Waals surface area contributed by atoms with Crippen molar-refractivity contribution < 1.29 is 9.90 Å². The van der Waals surface area contributed by atoms with Crippen LogP contribution in [-0.2, 0) is 0 Å². The highest BCUT2D eigenvalue weighted by Crippen LogP contribution is 2.35. The SMILES string of the molecule is O=C(O)c1cnn2c(C3CCCCC3)c(/C=C/c3ccccc3)cnc12. The third kappa shape index (κ3) is 3.12. The average molecular weight is 347 g/mol. The maximum atomic E-state index is 11.5. The van der Waals surface area contributed by atoms with Gasteiger partial charge in [0.2, 0.25) is 0 Å². The van der Waals surface area contributed by atoms with Crippen LogP contribution in [-0.4, -0.2) is 25.7 Å². The lowest BCUT2D eigenvalue weighted by atomic mass is 9.85. The summed E-state index contributed by atoms with van der Waals surface area (Å²) in [5.41, 5.74) is 3.78. The van der Waals surface area contributed by atoms with Crippen molar-refractivity contribution in [3.8, 4) is 0 Å². The molecule has 0 atom stereocenters. The Balaban J connectivity index is 1.83. The highest BCUT2D eigenvalue weighted by Gasteiger charge is 2.24. The molecule has 0 amide bonds. The molecule has 1 aliphatic carbocycles. The van der Waals surface area contributed by atoms with Crippen molar-refractivity contribution in [1.82, 2.24) is 14.6 Å². The average Bonchev–Trinajstić information content (AvgIpc) is 3.12. The Labute approximate surface area is 152 Å². The lowest BCUT2D eigenvalue weighted by Crippen LogP contribution is -2.13. The molecule has 0 spiro atoms. The van der Waals surface area contributed by atoms with E-state index in [2.05, 4.69) is 34.4 Å². The zero-order valence-corrected chi connectivity index (χ0v) is 14.5. The number of benzene rings is 1. The summed E-state index contributed by atoms with van der Waals surface area (Å²) in [4.78, 5) is 15.9. The number of fused-ring (bicyclic) bond motifs is 1. The van der Waals surface area contributed by atoms with E-state index in [1.165, 1.54) is 25.5 Å². The van der Waals surface area contributed by atoms with Gasteiger partial charge in [-0.2, -0.15) is 5.10 Å². The van der Waals surface area contributed by atoms with E-state index in [0.717, 1.165) is 29.7 Å². The van der Waals surface area contributed by atoms with Crippen LogP contribution in [0, 0.1) is 0 Å². The van der Waals surface area contributed by atoms with E-state index in [0.29, 0.717) is 11.6 Å². The van der Waals surface area contributed by atoms with Gasteiger partial charge in [0.25, 0.3) is 0 Å². The molecule has 132 valence electrons. The van der Waals surface area contributed by atoms with Gasteiger partial charge in [-0.1, -0.05) is 61.7 Å². The van der Waals surface area contributed by atoms with Crippen molar-refractivity contribution in [3.05, 3.63) is 65.1 Å². The normalized spacial score (nSPS) is 15.7. The standard InChI is InChI=1S/C21H21N3O2/c25-21(26)18-14-23-24-19(16-9-5-2-6-10-16)17(13-22-20(18)24)12-11-15-7-3-1-4-8-15/h1,3-4,7-8,11-14,16H,2,5-6,9-10H2,(H,25,26)/b12-11+. The van der Waals surface area contributed by atoms with Crippen LogP contribution in [0.5, 0.6) is 0 Å². The van der Waals surface area contributed by atoms with Gasteiger partial charge >= 0.3 is 5.97 Å². The molecule has 1 fully saturated rings. The first-order valence-electron chi connectivity index (χ1n) is 9.07. The van der Waals surface area contributed by atoms with Gasteiger partial charge in [0, 0.05) is 17.7 Å². The van der Waals surface area contributed by atoms with Gasteiger partial charge in [-0.05, 0) is 18.4 Å². The third-order valence-corrected chi connectivity index (χ3v) is 5.07. The minimum atomic E-state index is -0.991. The van der Waals surface area contributed by atoms with Crippen LogP contribution in [0.25, 0.3) is 17.8 Å².